The highest BCUT2D eigenvalue weighted by molar-refractivity contribution is 5.68. The van der Waals surface area contributed by atoms with E-state index in [1.165, 1.54) is 0 Å². The first-order valence-electron chi connectivity index (χ1n) is 7.95. The van der Waals surface area contributed by atoms with Crippen molar-refractivity contribution in [2.24, 2.45) is 0 Å². The van der Waals surface area contributed by atoms with Crippen molar-refractivity contribution in [3.8, 4) is 5.75 Å². The molecule has 0 spiro atoms. The van der Waals surface area contributed by atoms with Crippen LogP contribution in [-0.4, -0.2) is 22.5 Å². The highest BCUT2D eigenvalue weighted by Crippen LogP contribution is 2.29. The van der Waals surface area contributed by atoms with Crippen LogP contribution in [-0.2, 0) is 15.0 Å². The highest BCUT2D eigenvalue weighted by Gasteiger charge is 2.25. The van der Waals surface area contributed by atoms with Gasteiger partial charge < -0.3 is 15.0 Å². The summed E-state index contributed by atoms with van der Waals surface area (Å²) in [5.41, 5.74) is 0.429. The Morgan fingerprint density at radius 3 is 2.14 bits per heavy atom. The van der Waals surface area contributed by atoms with Gasteiger partial charge in [0, 0.05) is 11.8 Å². The lowest BCUT2D eigenvalue weighted by atomic mass is 9.79. The zero-order valence-corrected chi connectivity index (χ0v) is 13.3. The van der Waals surface area contributed by atoms with E-state index >= 15 is 0 Å². The van der Waals surface area contributed by atoms with Gasteiger partial charge in [-0.3, -0.25) is 4.79 Å². The zero-order chi connectivity index (χ0) is 16.4. The molecule has 0 radical (unpaired) electrons. The van der Waals surface area contributed by atoms with E-state index in [2.05, 4.69) is 0 Å². The Hall–Kier alpha value is -1.84. The van der Waals surface area contributed by atoms with Gasteiger partial charge in [-0.25, -0.2) is 0 Å². The molecule has 0 aliphatic carbocycles. The zero-order valence-electron chi connectivity index (χ0n) is 13.3. The molecule has 22 heavy (non-hydrogen) atoms. The van der Waals surface area contributed by atoms with E-state index in [0.717, 1.165) is 56.8 Å². The van der Waals surface area contributed by atoms with Gasteiger partial charge in [0.25, 0.3) is 0 Å². The second-order valence-corrected chi connectivity index (χ2v) is 6.10. The number of carboxylic acid groups (broad SMARTS) is 1. The quantitative estimate of drug-likeness (QED) is 0.477. The SMILES string of the molecule is CC(C=O)(CCCCCCCCC(=O)O)c1ccc(O)cc1. The fraction of sp³-hybridized carbons (Fsp3) is 0.556. The fourth-order valence-electron chi connectivity index (χ4n) is 2.59. The highest BCUT2D eigenvalue weighted by atomic mass is 16.4. The van der Waals surface area contributed by atoms with Crippen LogP contribution in [0, 0.1) is 0 Å². The lowest BCUT2D eigenvalue weighted by Gasteiger charge is -2.23. The number of benzene rings is 1. The number of unbranched alkanes of at least 4 members (excludes halogenated alkanes) is 5. The van der Waals surface area contributed by atoms with Crippen molar-refractivity contribution in [3.63, 3.8) is 0 Å². The number of phenolic OH excluding ortho intramolecular Hbond substituents is 1. The number of aldehydes is 1. The molecule has 1 atom stereocenters. The predicted octanol–water partition coefficient (Wildman–Crippen LogP) is 4.05. The fourth-order valence-corrected chi connectivity index (χ4v) is 2.59. The first-order chi connectivity index (χ1) is 10.5. The molecule has 1 aromatic carbocycles. The van der Waals surface area contributed by atoms with Crippen LogP contribution in [0.3, 0.4) is 0 Å². The van der Waals surface area contributed by atoms with Gasteiger partial charge in [-0.2, -0.15) is 0 Å². The molecule has 2 N–H and O–H groups in total. The van der Waals surface area contributed by atoms with Gasteiger partial charge in [0.1, 0.15) is 12.0 Å². The molecule has 0 aliphatic heterocycles. The number of rotatable bonds is 11. The monoisotopic (exact) mass is 306 g/mol. The Kier molecular flexibility index (Phi) is 7.64. The van der Waals surface area contributed by atoms with Gasteiger partial charge in [0.15, 0.2) is 0 Å². The minimum atomic E-state index is -0.726. The van der Waals surface area contributed by atoms with Crippen molar-refractivity contribution < 1.29 is 19.8 Å². The van der Waals surface area contributed by atoms with Gasteiger partial charge in [0.2, 0.25) is 0 Å². The number of hydrogen-bond donors (Lipinski definition) is 2. The van der Waals surface area contributed by atoms with Crippen LogP contribution >= 0.6 is 0 Å². The smallest absolute Gasteiger partial charge is 0.303 e. The van der Waals surface area contributed by atoms with Crippen LogP contribution in [0.4, 0.5) is 0 Å². The Morgan fingerprint density at radius 1 is 1.05 bits per heavy atom. The van der Waals surface area contributed by atoms with Crippen LogP contribution in [0.25, 0.3) is 0 Å². The molecular weight excluding hydrogens is 280 g/mol. The molecule has 0 fully saturated rings. The first-order valence-corrected chi connectivity index (χ1v) is 7.95. The number of aromatic hydroxyl groups is 1. The van der Waals surface area contributed by atoms with E-state index in [0.29, 0.717) is 0 Å². The van der Waals surface area contributed by atoms with Crippen LogP contribution in [0.2, 0.25) is 0 Å². The van der Waals surface area contributed by atoms with Crippen molar-refractivity contribution in [2.45, 2.75) is 63.7 Å². The summed E-state index contributed by atoms with van der Waals surface area (Å²) in [6, 6.07) is 6.82. The maximum atomic E-state index is 11.5. The van der Waals surface area contributed by atoms with Gasteiger partial charge in [0.05, 0.1) is 0 Å². The molecular formula is C18H26O4. The standard InChI is InChI=1S/C18H26O4/c1-18(14-19,15-9-11-16(20)12-10-15)13-7-5-3-2-4-6-8-17(21)22/h9-12,14,20H,2-8,13H2,1H3,(H,21,22). The Bertz CT molecular complexity index is 466. The van der Waals surface area contributed by atoms with Crippen LogP contribution in [0.5, 0.6) is 5.75 Å². The molecule has 4 nitrogen and oxygen atoms in total. The maximum Gasteiger partial charge on any atom is 0.303 e. The van der Waals surface area contributed by atoms with Crippen molar-refractivity contribution >= 4 is 12.3 Å². The summed E-state index contributed by atoms with van der Waals surface area (Å²) >= 11 is 0. The summed E-state index contributed by atoms with van der Waals surface area (Å²) in [6.45, 7) is 1.93. The molecule has 1 rings (SSSR count). The summed E-state index contributed by atoms with van der Waals surface area (Å²) in [4.78, 5) is 21.8. The largest absolute Gasteiger partial charge is 0.508 e. The molecule has 4 heteroatoms. The van der Waals surface area contributed by atoms with Gasteiger partial charge in [-0.15, -0.1) is 0 Å². The van der Waals surface area contributed by atoms with E-state index in [9.17, 15) is 14.7 Å². The van der Waals surface area contributed by atoms with Crippen LogP contribution < -0.4 is 0 Å². The molecule has 0 saturated carbocycles. The van der Waals surface area contributed by atoms with Crippen molar-refractivity contribution in [2.75, 3.05) is 0 Å². The molecule has 0 aromatic heterocycles. The third kappa shape index (κ3) is 6.29. The Balaban J connectivity index is 2.27. The number of carbonyl (C=O) groups is 2. The summed E-state index contributed by atoms with van der Waals surface area (Å²) in [7, 11) is 0. The first kappa shape index (κ1) is 18.2. The molecule has 122 valence electrons. The number of carbonyl (C=O) groups excluding carboxylic acids is 1. The van der Waals surface area contributed by atoms with Gasteiger partial charge >= 0.3 is 5.97 Å². The number of carboxylic acids is 1. The molecule has 0 saturated heterocycles. The lowest BCUT2D eigenvalue weighted by molar-refractivity contribution is -0.137. The summed E-state index contributed by atoms with van der Waals surface area (Å²) in [5.74, 6) is -0.519. The third-order valence-electron chi connectivity index (χ3n) is 4.12. The second kappa shape index (κ2) is 9.23. The number of aliphatic carboxylic acids is 1. The van der Waals surface area contributed by atoms with Crippen LogP contribution in [0.15, 0.2) is 24.3 Å². The molecule has 1 aromatic rings. The minimum Gasteiger partial charge on any atom is -0.508 e. The van der Waals surface area contributed by atoms with Crippen molar-refractivity contribution in [1.82, 2.24) is 0 Å². The number of hydrogen-bond acceptors (Lipinski definition) is 3. The molecule has 0 heterocycles. The number of phenols is 1. The van der Waals surface area contributed by atoms with E-state index in [1.54, 1.807) is 24.3 Å². The average Bonchev–Trinajstić information content (AvgIpc) is 2.50. The normalized spacial score (nSPS) is 13.5. The predicted molar refractivity (Wildman–Crippen MR) is 86.1 cm³/mol. The second-order valence-electron chi connectivity index (χ2n) is 6.10. The van der Waals surface area contributed by atoms with Crippen molar-refractivity contribution in [1.29, 1.82) is 0 Å². The Labute approximate surface area is 132 Å². The minimum absolute atomic E-state index is 0.207. The Morgan fingerprint density at radius 2 is 1.59 bits per heavy atom. The summed E-state index contributed by atoms with van der Waals surface area (Å²) < 4.78 is 0. The van der Waals surface area contributed by atoms with Crippen molar-refractivity contribution in [3.05, 3.63) is 29.8 Å². The third-order valence-corrected chi connectivity index (χ3v) is 4.12. The van der Waals surface area contributed by atoms with E-state index < -0.39 is 11.4 Å². The molecule has 0 bridgehead atoms. The maximum absolute atomic E-state index is 11.5. The van der Waals surface area contributed by atoms with E-state index in [-0.39, 0.29) is 12.2 Å². The van der Waals surface area contributed by atoms with Crippen LogP contribution in [0.1, 0.15) is 63.9 Å². The summed E-state index contributed by atoms with van der Waals surface area (Å²) in [5, 5.41) is 17.9. The summed E-state index contributed by atoms with van der Waals surface area (Å²) in [6.07, 6.45) is 7.87. The van der Waals surface area contributed by atoms with E-state index in [4.69, 9.17) is 5.11 Å². The molecule has 0 amide bonds. The topological polar surface area (TPSA) is 74.6 Å². The van der Waals surface area contributed by atoms with E-state index in [1.807, 2.05) is 6.92 Å². The molecule has 0 aliphatic rings. The molecule has 1 unspecified atom stereocenters. The lowest BCUT2D eigenvalue weighted by Crippen LogP contribution is -2.23. The van der Waals surface area contributed by atoms with Gasteiger partial charge in [-0.1, -0.05) is 44.2 Å². The average molecular weight is 306 g/mol. The van der Waals surface area contributed by atoms with Gasteiger partial charge in [-0.05, 0) is 37.5 Å².